The molecule has 0 amide bonds. The fraction of sp³-hybridized carbons (Fsp3) is 0.231. The van der Waals surface area contributed by atoms with Gasteiger partial charge in [0.2, 0.25) is 0 Å². The molecule has 72 valence electrons. The standard InChI is InChI=1S/C13H14O/c1-10-8-13(11(2)14-10)9-12-6-4-3-5-7-12/h3-8H,9H2,1-2H3. The van der Waals surface area contributed by atoms with Gasteiger partial charge in [-0.05, 0) is 31.0 Å². The molecule has 0 bridgehead atoms. The van der Waals surface area contributed by atoms with E-state index < -0.39 is 0 Å². The minimum Gasteiger partial charge on any atom is -0.466 e. The van der Waals surface area contributed by atoms with Gasteiger partial charge in [0, 0.05) is 6.42 Å². The molecule has 0 radical (unpaired) electrons. The van der Waals surface area contributed by atoms with Gasteiger partial charge in [0.1, 0.15) is 11.5 Å². The molecule has 1 aromatic carbocycles. The van der Waals surface area contributed by atoms with Gasteiger partial charge in [-0.1, -0.05) is 30.3 Å². The van der Waals surface area contributed by atoms with Crippen molar-refractivity contribution in [3.8, 4) is 0 Å². The van der Waals surface area contributed by atoms with Crippen molar-refractivity contribution in [2.45, 2.75) is 20.3 Å². The van der Waals surface area contributed by atoms with E-state index in [4.69, 9.17) is 4.42 Å². The molecule has 1 heterocycles. The van der Waals surface area contributed by atoms with Crippen LogP contribution in [0.15, 0.2) is 40.8 Å². The summed E-state index contributed by atoms with van der Waals surface area (Å²) in [5.41, 5.74) is 2.62. The highest BCUT2D eigenvalue weighted by molar-refractivity contribution is 5.28. The predicted octanol–water partition coefficient (Wildman–Crippen LogP) is 3.49. The van der Waals surface area contributed by atoms with Crippen molar-refractivity contribution in [3.63, 3.8) is 0 Å². The van der Waals surface area contributed by atoms with Crippen LogP contribution in [0.25, 0.3) is 0 Å². The molecular weight excluding hydrogens is 172 g/mol. The molecule has 1 heteroatoms. The van der Waals surface area contributed by atoms with Crippen molar-refractivity contribution in [1.82, 2.24) is 0 Å². The highest BCUT2D eigenvalue weighted by atomic mass is 16.3. The van der Waals surface area contributed by atoms with Gasteiger partial charge < -0.3 is 4.42 Å². The summed E-state index contributed by atoms with van der Waals surface area (Å²) in [6, 6.07) is 12.6. The zero-order valence-corrected chi connectivity index (χ0v) is 8.58. The molecule has 0 aliphatic heterocycles. The lowest BCUT2D eigenvalue weighted by Crippen LogP contribution is -1.86. The van der Waals surface area contributed by atoms with Crippen LogP contribution in [0.2, 0.25) is 0 Å². The zero-order valence-electron chi connectivity index (χ0n) is 8.58. The van der Waals surface area contributed by atoms with E-state index in [1.807, 2.05) is 19.9 Å². The van der Waals surface area contributed by atoms with Gasteiger partial charge in [0.25, 0.3) is 0 Å². The average Bonchev–Trinajstić information content (AvgIpc) is 2.47. The molecule has 0 unspecified atom stereocenters. The maximum Gasteiger partial charge on any atom is 0.104 e. The highest BCUT2D eigenvalue weighted by Gasteiger charge is 2.04. The third-order valence-corrected chi connectivity index (χ3v) is 2.38. The van der Waals surface area contributed by atoms with Crippen molar-refractivity contribution in [1.29, 1.82) is 0 Å². The molecule has 0 saturated heterocycles. The predicted molar refractivity (Wildman–Crippen MR) is 57.4 cm³/mol. The first-order valence-electron chi connectivity index (χ1n) is 4.85. The Kier molecular flexibility index (Phi) is 2.40. The average molecular weight is 186 g/mol. The van der Waals surface area contributed by atoms with Crippen LogP contribution in [0.5, 0.6) is 0 Å². The Hall–Kier alpha value is -1.50. The van der Waals surface area contributed by atoms with Crippen LogP contribution in [0.1, 0.15) is 22.6 Å². The number of furan rings is 1. The molecule has 0 aliphatic rings. The van der Waals surface area contributed by atoms with E-state index in [0.717, 1.165) is 17.9 Å². The third kappa shape index (κ3) is 1.87. The molecule has 14 heavy (non-hydrogen) atoms. The van der Waals surface area contributed by atoms with Crippen LogP contribution < -0.4 is 0 Å². The number of rotatable bonds is 2. The van der Waals surface area contributed by atoms with Crippen molar-refractivity contribution in [2.75, 3.05) is 0 Å². The van der Waals surface area contributed by atoms with Crippen LogP contribution in [0.3, 0.4) is 0 Å². The van der Waals surface area contributed by atoms with E-state index in [1.165, 1.54) is 11.1 Å². The number of hydrogen-bond donors (Lipinski definition) is 0. The minimum atomic E-state index is 0.962. The van der Waals surface area contributed by atoms with Gasteiger partial charge in [-0.2, -0.15) is 0 Å². The number of hydrogen-bond acceptors (Lipinski definition) is 1. The zero-order chi connectivity index (χ0) is 9.97. The van der Waals surface area contributed by atoms with Crippen LogP contribution in [0.4, 0.5) is 0 Å². The van der Waals surface area contributed by atoms with E-state index >= 15 is 0 Å². The maximum atomic E-state index is 5.49. The molecule has 1 nitrogen and oxygen atoms in total. The van der Waals surface area contributed by atoms with Crippen molar-refractivity contribution >= 4 is 0 Å². The first-order chi connectivity index (χ1) is 6.75. The fourth-order valence-corrected chi connectivity index (χ4v) is 1.67. The van der Waals surface area contributed by atoms with E-state index in [1.54, 1.807) is 0 Å². The van der Waals surface area contributed by atoms with Crippen molar-refractivity contribution < 1.29 is 4.42 Å². The molecule has 0 spiro atoms. The van der Waals surface area contributed by atoms with Gasteiger partial charge in [0.05, 0.1) is 0 Å². The van der Waals surface area contributed by atoms with Crippen molar-refractivity contribution in [2.24, 2.45) is 0 Å². The summed E-state index contributed by atoms with van der Waals surface area (Å²) in [4.78, 5) is 0. The van der Waals surface area contributed by atoms with Crippen LogP contribution in [-0.2, 0) is 6.42 Å². The van der Waals surface area contributed by atoms with Gasteiger partial charge in [-0.3, -0.25) is 0 Å². The quantitative estimate of drug-likeness (QED) is 0.699. The topological polar surface area (TPSA) is 13.1 Å². The summed E-state index contributed by atoms with van der Waals surface area (Å²) < 4.78 is 5.49. The summed E-state index contributed by atoms with van der Waals surface area (Å²) in [7, 11) is 0. The molecule has 0 fully saturated rings. The Morgan fingerprint density at radius 3 is 2.36 bits per heavy atom. The van der Waals surface area contributed by atoms with E-state index in [2.05, 4.69) is 30.3 Å². The second-order valence-electron chi connectivity index (χ2n) is 3.60. The lowest BCUT2D eigenvalue weighted by molar-refractivity contribution is 0.502. The molecular formula is C13H14O. The Balaban J connectivity index is 2.23. The first-order valence-corrected chi connectivity index (χ1v) is 4.85. The highest BCUT2D eigenvalue weighted by Crippen LogP contribution is 2.17. The Morgan fingerprint density at radius 1 is 1.07 bits per heavy atom. The largest absolute Gasteiger partial charge is 0.466 e. The molecule has 0 N–H and O–H groups in total. The second kappa shape index (κ2) is 3.70. The van der Waals surface area contributed by atoms with Gasteiger partial charge in [-0.15, -0.1) is 0 Å². The maximum absolute atomic E-state index is 5.49. The molecule has 2 aromatic rings. The normalized spacial score (nSPS) is 10.4. The molecule has 0 atom stereocenters. The number of aryl methyl sites for hydroxylation is 2. The summed E-state index contributed by atoms with van der Waals surface area (Å²) in [6.07, 6.45) is 0.962. The minimum absolute atomic E-state index is 0.962. The molecule has 2 rings (SSSR count). The van der Waals surface area contributed by atoms with Gasteiger partial charge >= 0.3 is 0 Å². The summed E-state index contributed by atoms with van der Waals surface area (Å²) in [5, 5.41) is 0. The lowest BCUT2D eigenvalue weighted by Gasteiger charge is -1.98. The summed E-state index contributed by atoms with van der Waals surface area (Å²) >= 11 is 0. The smallest absolute Gasteiger partial charge is 0.104 e. The van der Waals surface area contributed by atoms with E-state index in [9.17, 15) is 0 Å². The summed E-state index contributed by atoms with van der Waals surface area (Å²) in [6.45, 7) is 4.01. The Bertz CT molecular complexity index is 412. The first kappa shape index (κ1) is 9.07. The lowest BCUT2D eigenvalue weighted by atomic mass is 10.1. The molecule has 1 aromatic heterocycles. The van der Waals surface area contributed by atoms with Crippen molar-refractivity contribution in [3.05, 3.63) is 59.0 Å². The Labute approximate surface area is 84.4 Å². The van der Waals surface area contributed by atoms with Crippen LogP contribution in [-0.4, -0.2) is 0 Å². The molecule has 0 saturated carbocycles. The summed E-state index contributed by atoms with van der Waals surface area (Å²) in [5.74, 6) is 2.03. The van der Waals surface area contributed by atoms with Gasteiger partial charge in [-0.25, -0.2) is 0 Å². The van der Waals surface area contributed by atoms with E-state index in [-0.39, 0.29) is 0 Å². The Morgan fingerprint density at radius 2 is 1.79 bits per heavy atom. The monoisotopic (exact) mass is 186 g/mol. The van der Waals surface area contributed by atoms with Gasteiger partial charge in [0.15, 0.2) is 0 Å². The second-order valence-corrected chi connectivity index (χ2v) is 3.60. The van der Waals surface area contributed by atoms with Crippen LogP contribution >= 0.6 is 0 Å². The van der Waals surface area contributed by atoms with E-state index in [0.29, 0.717) is 0 Å². The number of benzene rings is 1. The SMILES string of the molecule is Cc1cc(Cc2ccccc2)c(C)o1. The third-order valence-electron chi connectivity index (χ3n) is 2.38. The van der Waals surface area contributed by atoms with Crippen LogP contribution in [0, 0.1) is 13.8 Å². The fourth-order valence-electron chi connectivity index (χ4n) is 1.67. The molecule has 0 aliphatic carbocycles.